The largest absolute Gasteiger partial charge is 0.480 e. The lowest BCUT2D eigenvalue weighted by Crippen LogP contribution is -2.32. The van der Waals surface area contributed by atoms with Crippen molar-refractivity contribution in [2.45, 2.75) is 25.8 Å². The fourth-order valence-electron chi connectivity index (χ4n) is 1.94. The molecule has 0 aliphatic heterocycles. The molecule has 2 rings (SSSR count). The maximum Gasteiger partial charge on any atom is 0.320 e. The Bertz CT molecular complexity index is 548. The van der Waals surface area contributed by atoms with Crippen molar-refractivity contribution in [3.05, 3.63) is 29.5 Å². The summed E-state index contributed by atoms with van der Waals surface area (Å²) in [5.41, 5.74) is 8.62. The van der Waals surface area contributed by atoms with Crippen LogP contribution >= 0.6 is 0 Å². The molecule has 0 spiro atoms. The highest BCUT2D eigenvalue weighted by molar-refractivity contribution is 5.82. The number of hydrogen-bond donors (Lipinski definition) is 3. The summed E-state index contributed by atoms with van der Waals surface area (Å²) in [6.07, 6.45) is 2.95. The van der Waals surface area contributed by atoms with Crippen LogP contribution in [0.15, 0.2) is 18.3 Å². The molecule has 0 aliphatic rings. The smallest absolute Gasteiger partial charge is 0.320 e. The second-order valence-corrected chi connectivity index (χ2v) is 4.09. The van der Waals surface area contributed by atoms with Crippen LogP contribution < -0.4 is 5.73 Å². The highest BCUT2D eigenvalue weighted by atomic mass is 16.4. The monoisotopic (exact) mass is 233 g/mol. The van der Waals surface area contributed by atoms with Gasteiger partial charge in [-0.2, -0.15) is 5.10 Å². The molecular formula is C12H15N3O2. The third-order valence-electron chi connectivity index (χ3n) is 2.84. The van der Waals surface area contributed by atoms with Crippen molar-refractivity contribution in [2.75, 3.05) is 0 Å². The van der Waals surface area contributed by atoms with E-state index in [0.29, 0.717) is 6.42 Å². The van der Waals surface area contributed by atoms with Gasteiger partial charge in [-0.1, -0.05) is 13.0 Å². The van der Waals surface area contributed by atoms with E-state index in [9.17, 15) is 4.79 Å². The zero-order chi connectivity index (χ0) is 12.4. The zero-order valence-corrected chi connectivity index (χ0v) is 9.60. The first-order valence-corrected chi connectivity index (χ1v) is 5.55. The van der Waals surface area contributed by atoms with Crippen LogP contribution in [-0.4, -0.2) is 27.3 Å². The molecule has 1 atom stereocenters. The molecule has 0 saturated heterocycles. The molecular weight excluding hydrogens is 218 g/mol. The number of benzene rings is 1. The van der Waals surface area contributed by atoms with Gasteiger partial charge in [-0.15, -0.1) is 0 Å². The molecule has 1 unspecified atom stereocenters. The minimum Gasteiger partial charge on any atom is -0.480 e. The van der Waals surface area contributed by atoms with E-state index >= 15 is 0 Å². The number of rotatable bonds is 4. The molecule has 0 amide bonds. The lowest BCUT2D eigenvalue weighted by atomic mass is 10.00. The molecule has 1 aromatic carbocycles. The molecule has 17 heavy (non-hydrogen) atoms. The van der Waals surface area contributed by atoms with E-state index < -0.39 is 12.0 Å². The van der Waals surface area contributed by atoms with Gasteiger partial charge in [-0.3, -0.25) is 9.89 Å². The molecule has 0 radical (unpaired) electrons. The average Bonchev–Trinajstić information content (AvgIpc) is 2.75. The number of nitrogens with two attached hydrogens (primary N) is 1. The van der Waals surface area contributed by atoms with Crippen molar-refractivity contribution in [3.63, 3.8) is 0 Å². The Morgan fingerprint density at radius 3 is 3.00 bits per heavy atom. The van der Waals surface area contributed by atoms with Crippen LogP contribution in [0.2, 0.25) is 0 Å². The van der Waals surface area contributed by atoms with Gasteiger partial charge < -0.3 is 10.8 Å². The van der Waals surface area contributed by atoms with Crippen molar-refractivity contribution < 1.29 is 9.90 Å². The van der Waals surface area contributed by atoms with Gasteiger partial charge in [-0.25, -0.2) is 0 Å². The Balaban J connectivity index is 2.38. The highest BCUT2D eigenvalue weighted by Crippen LogP contribution is 2.20. The van der Waals surface area contributed by atoms with E-state index in [-0.39, 0.29) is 0 Å². The first-order chi connectivity index (χ1) is 8.11. The predicted molar refractivity (Wildman–Crippen MR) is 64.8 cm³/mol. The first kappa shape index (κ1) is 11.6. The minimum absolute atomic E-state index is 0.337. The molecule has 0 saturated carbocycles. The van der Waals surface area contributed by atoms with Gasteiger partial charge in [0.15, 0.2) is 0 Å². The van der Waals surface area contributed by atoms with Gasteiger partial charge in [0.2, 0.25) is 0 Å². The van der Waals surface area contributed by atoms with Gasteiger partial charge in [0.05, 0.1) is 11.7 Å². The number of aliphatic carboxylic acids is 1. The Kier molecular flexibility index (Phi) is 3.10. The number of aryl methyl sites for hydroxylation is 1. The molecule has 1 heterocycles. The summed E-state index contributed by atoms with van der Waals surface area (Å²) in [7, 11) is 0. The van der Waals surface area contributed by atoms with Gasteiger partial charge in [0, 0.05) is 5.39 Å². The van der Waals surface area contributed by atoms with Crippen LogP contribution in [0.1, 0.15) is 18.1 Å². The standard InChI is InChI=1S/C12H15N3O2/c1-2-8-3-7(5-10(13)12(16)17)4-9-6-14-15-11(8)9/h3-4,6,10H,2,5,13H2,1H3,(H,14,15)(H,16,17). The molecule has 0 fully saturated rings. The Hall–Kier alpha value is -1.88. The molecule has 2 aromatic rings. The number of carbonyl (C=O) groups is 1. The number of carboxylic acid groups (broad SMARTS) is 1. The number of H-pyrrole nitrogens is 1. The zero-order valence-electron chi connectivity index (χ0n) is 9.60. The van der Waals surface area contributed by atoms with Crippen LogP contribution in [-0.2, 0) is 17.6 Å². The second kappa shape index (κ2) is 4.55. The minimum atomic E-state index is -0.977. The van der Waals surface area contributed by atoms with E-state index in [1.807, 2.05) is 12.1 Å². The number of nitrogens with one attached hydrogen (secondary N) is 1. The number of aromatic amines is 1. The molecule has 1 aromatic heterocycles. The van der Waals surface area contributed by atoms with Crippen LogP contribution in [0.4, 0.5) is 0 Å². The first-order valence-electron chi connectivity index (χ1n) is 5.55. The number of fused-ring (bicyclic) bond motifs is 1. The van der Waals surface area contributed by atoms with Crippen molar-refractivity contribution in [3.8, 4) is 0 Å². The lowest BCUT2D eigenvalue weighted by Gasteiger charge is -2.08. The highest BCUT2D eigenvalue weighted by Gasteiger charge is 2.13. The van der Waals surface area contributed by atoms with E-state index in [4.69, 9.17) is 10.8 Å². The summed E-state index contributed by atoms with van der Waals surface area (Å²) in [6, 6.07) is 3.06. The molecule has 4 N–H and O–H groups in total. The Morgan fingerprint density at radius 1 is 1.59 bits per heavy atom. The van der Waals surface area contributed by atoms with E-state index in [1.54, 1.807) is 6.20 Å². The van der Waals surface area contributed by atoms with Gasteiger partial charge >= 0.3 is 5.97 Å². The Morgan fingerprint density at radius 2 is 2.35 bits per heavy atom. The van der Waals surface area contributed by atoms with Crippen molar-refractivity contribution in [1.29, 1.82) is 0 Å². The number of carboxylic acids is 1. The van der Waals surface area contributed by atoms with Crippen molar-refractivity contribution in [1.82, 2.24) is 10.2 Å². The van der Waals surface area contributed by atoms with Gasteiger partial charge in [0.25, 0.3) is 0 Å². The summed E-state index contributed by atoms with van der Waals surface area (Å²) in [5.74, 6) is -0.977. The molecule has 0 bridgehead atoms. The fourth-order valence-corrected chi connectivity index (χ4v) is 1.94. The SMILES string of the molecule is CCc1cc(CC(N)C(=O)O)cc2cn[nH]c12. The average molecular weight is 233 g/mol. The molecule has 5 nitrogen and oxygen atoms in total. The number of hydrogen-bond acceptors (Lipinski definition) is 3. The molecule has 0 aliphatic carbocycles. The predicted octanol–water partition coefficient (Wildman–Crippen LogP) is 1.08. The van der Waals surface area contributed by atoms with Crippen LogP contribution in [0.25, 0.3) is 10.9 Å². The van der Waals surface area contributed by atoms with Crippen molar-refractivity contribution in [2.24, 2.45) is 5.73 Å². The van der Waals surface area contributed by atoms with E-state index in [0.717, 1.165) is 28.5 Å². The number of nitrogens with zero attached hydrogens (tertiary/aromatic N) is 1. The third-order valence-corrected chi connectivity index (χ3v) is 2.84. The summed E-state index contributed by atoms with van der Waals surface area (Å²) < 4.78 is 0. The van der Waals surface area contributed by atoms with Crippen LogP contribution in [0, 0.1) is 0 Å². The summed E-state index contributed by atoms with van der Waals surface area (Å²) >= 11 is 0. The molecule has 5 heteroatoms. The van der Waals surface area contributed by atoms with E-state index in [1.165, 1.54) is 0 Å². The normalized spacial score (nSPS) is 12.8. The Labute approximate surface area is 98.6 Å². The quantitative estimate of drug-likeness (QED) is 0.736. The third kappa shape index (κ3) is 2.29. The maximum absolute atomic E-state index is 10.7. The fraction of sp³-hybridized carbons (Fsp3) is 0.333. The van der Waals surface area contributed by atoms with Crippen LogP contribution in [0.3, 0.4) is 0 Å². The summed E-state index contributed by atoms with van der Waals surface area (Å²) in [4.78, 5) is 10.7. The second-order valence-electron chi connectivity index (χ2n) is 4.09. The summed E-state index contributed by atoms with van der Waals surface area (Å²) in [5, 5.41) is 16.7. The molecule has 90 valence electrons. The van der Waals surface area contributed by atoms with Gasteiger partial charge in [-0.05, 0) is 30.0 Å². The van der Waals surface area contributed by atoms with Gasteiger partial charge in [0.1, 0.15) is 6.04 Å². The van der Waals surface area contributed by atoms with Crippen molar-refractivity contribution >= 4 is 16.9 Å². The summed E-state index contributed by atoms with van der Waals surface area (Å²) in [6.45, 7) is 2.05. The maximum atomic E-state index is 10.7. The van der Waals surface area contributed by atoms with Crippen LogP contribution in [0.5, 0.6) is 0 Å². The van der Waals surface area contributed by atoms with E-state index in [2.05, 4.69) is 17.1 Å². The lowest BCUT2D eigenvalue weighted by molar-refractivity contribution is -0.138. The topological polar surface area (TPSA) is 92.0 Å². The number of aromatic nitrogens is 2.